The first-order chi connectivity index (χ1) is 10.2. The van der Waals surface area contributed by atoms with E-state index in [1.807, 2.05) is 6.92 Å². The van der Waals surface area contributed by atoms with Gasteiger partial charge in [-0.05, 0) is 31.5 Å². The molecule has 0 aliphatic heterocycles. The van der Waals surface area contributed by atoms with Gasteiger partial charge in [-0.25, -0.2) is 0 Å². The summed E-state index contributed by atoms with van der Waals surface area (Å²) in [5.41, 5.74) is 1.30. The molecule has 0 saturated carbocycles. The Labute approximate surface area is 130 Å². The summed E-state index contributed by atoms with van der Waals surface area (Å²) in [5.74, 6) is 5.63. The van der Waals surface area contributed by atoms with E-state index < -0.39 is 0 Å². The first-order valence-electron chi connectivity index (χ1n) is 6.94. The zero-order valence-corrected chi connectivity index (χ0v) is 12.9. The second kappa shape index (κ2) is 10.2. The van der Waals surface area contributed by atoms with Gasteiger partial charge in [0, 0.05) is 31.6 Å². The van der Waals surface area contributed by atoms with Crippen LogP contribution in [0.4, 0.5) is 5.69 Å². The molecule has 0 saturated heterocycles. The molecule has 0 spiro atoms. The highest BCUT2D eigenvalue weighted by atomic mass is 35.5. The zero-order chi connectivity index (χ0) is 15.5. The molecule has 0 aliphatic carbocycles. The van der Waals surface area contributed by atoms with Gasteiger partial charge in [0.2, 0.25) is 5.91 Å². The van der Waals surface area contributed by atoms with Crippen LogP contribution in [0.25, 0.3) is 0 Å². The van der Waals surface area contributed by atoms with Crippen LogP contribution < -0.4 is 5.32 Å². The van der Waals surface area contributed by atoms with E-state index >= 15 is 0 Å². The Morgan fingerprint density at radius 2 is 2.29 bits per heavy atom. The fraction of sp³-hybridized carbons (Fsp3) is 0.438. The van der Waals surface area contributed by atoms with Crippen LogP contribution in [0.2, 0.25) is 5.02 Å². The third-order valence-corrected chi connectivity index (χ3v) is 2.94. The van der Waals surface area contributed by atoms with Crippen LogP contribution in [-0.2, 0) is 9.53 Å². The van der Waals surface area contributed by atoms with Crippen molar-refractivity contribution < 1.29 is 14.6 Å². The Balaban J connectivity index is 2.59. The number of hydrogen-bond donors (Lipinski definition) is 2. The molecule has 1 aromatic rings. The van der Waals surface area contributed by atoms with E-state index in [1.54, 1.807) is 18.2 Å². The Morgan fingerprint density at radius 3 is 3.00 bits per heavy atom. The number of halogens is 1. The maximum absolute atomic E-state index is 11.8. The quantitative estimate of drug-likeness (QED) is 0.601. The van der Waals surface area contributed by atoms with Crippen molar-refractivity contribution in [3.63, 3.8) is 0 Å². The predicted octanol–water partition coefficient (Wildman–Crippen LogP) is 2.83. The number of carbonyl (C=O) groups excluding carboxylic acids is 1. The monoisotopic (exact) mass is 309 g/mol. The third kappa shape index (κ3) is 7.14. The molecule has 0 heterocycles. The van der Waals surface area contributed by atoms with Crippen LogP contribution in [0.15, 0.2) is 18.2 Å². The lowest BCUT2D eigenvalue weighted by molar-refractivity contribution is -0.116. The molecule has 1 aromatic carbocycles. The summed E-state index contributed by atoms with van der Waals surface area (Å²) in [7, 11) is 0. The number of benzene rings is 1. The molecule has 114 valence electrons. The van der Waals surface area contributed by atoms with Gasteiger partial charge in [0.15, 0.2) is 0 Å². The van der Waals surface area contributed by atoms with Gasteiger partial charge in [-0.3, -0.25) is 4.79 Å². The maximum Gasteiger partial charge on any atom is 0.224 e. The number of aliphatic hydroxyl groups is 1. The highest BCUT2D eigenvalue weighted by Crippen LogP contribution is 2.23. The van der Waals surface area contributed by atoms with E-state index in [-0.39, 0.29) is 12.5 Å². The van der Waals surface area contributed by atoms with E-state index in [0.29, 0.717) is 43.2 Å². The first-order valence-corrected chi connectivity index (χ1v) is 7.32. The zero-order valence-electron chi connectivity index (χ0n) is 12.1. The summed E-state index contributed by atoms with van der Waals surface area (Å²) in [6.07, 6.45) is 1.48. The highest BCUT2D eigenvalue weighted by molar-refractivity contribution is 6.33. The lowest BCUT2D eigenvalue weighted by atomic mass is 10.2. The van der Waals surface area contributed by atoms with Crippen molar-refractivity contribution in [3.8, 4) is 11.8 Å². The van der Waals surface area contributed by atoms with Crippen LogP contribution in [0.3, 0.4) is 0 Å². The molecule has 0 aliphatic rings. The second-order valence-electron chi connectivity index (χ2n) is 4.32. The van der Waals surface area contributed by atoms with Gasteiger partial charge >= 0.3 is 0 Å². The minimum Gasteiger partial charge on any atom is -0.395 e. The van der Waals surface area contributed by atoms with Gasteiger partial charge in [0.1, 0.15) is 0 Å². The summed E-state index contributed by atoms with van der Waals surface area (Å²) in [4.78, 5) is 11.8. The van der Waals surface area contributed by atoms with Crippen LogP contribution >= 0.6 is 11.6 Å². The molecule has 4 nitrogen and oxygen atoms in total. The largest absolute Gasteiger partial charge is 0.395 e. The lowest BCUT2D eigenvalue weighted by Crippen LogP contribution is -2.12. The molecule has 0 atom stereocenters. The van der Waals surface area contributed by atoms with Crippen molar-refractivity contribution in [2.45, 2.75) is 26.2 Å². The molecule has 0 aromatic heterocycles. The number of carbonyl (C=O) groups is 1. The Hall–Kier alpha value is -1.54. The van der Waals surface area contributed by atoms with Gasteiger partial charge in [0.25, 0.3) is 0 Å². The Kier molecular flexibility index (Phi) is 8.53. The molecular formula is C16H20ClNO3. The molecule has 21 heavy (non-hydrogen) atoms. The van der Waals surface area contributed by atoms with E-state index in [9.17, 15) is 4.79 Å². The molecule has 1 rings (SSSR count). The Morgan fingerprint density at radius 1 is 1.48 bits per heavy atom. The summed E-state index contributed by atoms with van der Waals surface area (Å²) >= 11 is 6.06. The average Bonchev–Trinajstić information content (AvgIpc) is 2.47. The number of aliphatic hydroxyl groups excluding tert-OH is 1. The number of hydrogen-bond acceptors (Lipinski definition) is 3. The fourth-order valence-electron chi connectivity index (χ4n) is 1.61. The molecule has 1 amide bonds. The van der Waals surface area contributed by atoms with Gasteiger partial charge < -0.3 is 15.2 Å². The van der Waals surface area contributed by atoms with Gasteiger partial charge in [0.05, 0.1) is 17.3 Å². The lowest BCUT2D eigenvalue weighted by Gasteiger charge is -2.08. The SMILES string of the molecule is CCOCCCC(=O)Nc1cc(C#CCCO)ccc1Cl. The van der Waals surface area contributed by atoms with Crippen molar-refractivity contribution >= 4 is 23.2 Å². The summed E-state index contributed by atoms with van der Waals surface area (Å²) in [6.45, 7) is 3.18. The highest BCUT2D eigenvalue weighted by Gasteiger charge is 2.06. The number of rotatable bonds is 7. The molecule has 0 unspecified atom stereocenters. The van der Waals surface area contributed by atoms with Crippen LogP contribution in [0.1, 0.15) is 31.7 Å². The van der Waals surface area contributed by atoms with Crippen molar-refractivity contribution in [1.29, 1.82) is 0 Å². The first kappa shape index (κ1) is 17.5. The van der Waals surface area contributed by atoms with Gasteiger partial charge in [-0.1, -0.05) is 23.4 Å². The molecule has 0 radical (unpaired) electrons. The smallest absolute Gasteiger partial charge is 0.224 e. The number of ether oxygens (including phenoxy) is 1. The van der Waals surface area contributed by atoms with E-state index in [4.69, 9.17) is 21.4 Å². The normalized spacial score (nSPS) is 9.86. The minimum atomic E-state index is -0.0999. The van der Waals surface area contributed by atoms with Crippen molar-refractivity contribution in [1.82, 2.24) is 0 Å². The van der Waals surface area contributed by atoms with Crippen molar-refractivity contribution in [3.05, 3.63) is 28.8 Å². The molecule has 0 bridgehead atoms. The van der Waals surface area contributed by atoms with Crippen molar-refractivity contribution in [2.75, 3.05) is 25.1 Å². The summed E-state index contributed by atoms with van der Waals surface area (Å²) in [6, 6.07) is 5.20. The average molecular weight is 310 g/mol. The fourth-order valence-corrected chi connectivity index (χ4v) is 1.78. The third-order valence-electron chi connectivity index (χ3n) is 2.61. The number of amides is 1. The molecule has 5 heteroatoms. The number of nitrogens with one attached hydrogen (secondary N) is 1. The van der Waals surface area contributed by atoms with Gasteiger partial charge in [-0.2, -0.15) is 0 Å². The van der Waals surface area contributed by atoms with E-state index in [1.165, 1.54) is 0 Å². The predicted molar refractivity (Wildman–Crippen MR) is 84.4 cm³/mol. The summed E-state index contributed by atoms with van der Waals surface area (Å²) in [5, 5.41) is 11.9. The van der Waals surface area contributed by atoms with Gasteiger partial charge in [-0.15, -0.1) is 0 Å². The molecular weight excluding hydrogens is 290 g/mol. The number of anilines is 1. The maximum atomic E-state index is 11.8. The molecule has 0 fully saturated rings. The van der Waals surface area contributed by atoms with E-state index in [2.05, 4.69) is 17.2 Å². The topological polar surface area (TPSA) is 58.6 Å². The summed E-state index contributed by atoms with van der Waals surface area (Å²) < 4.78 is 5.19. The Bertz CT molecular complexity index is 520. The van der Waals surface area contributed by atoms with Crippen molar-refractivity contribution in [2.24, 2.45) is 0 Å². The van der Waals surface area contributed by atoms with Crippen LogP contribution in [0, 0.1) is 11.8 Å². The molecule has 2 N–H and O–H groups in total. The van der Waals surface area contributed by atoms with Crippen LogP contribution in [-0.4, -0.2) is 30.8 Å². The van der Waals surface area contributed by atoms with E-state index in [0.717, 1.165) is 5.56 Å². The minimum absolute atomic E-state index is 0.0318. The van der Waals surface area contributed by atoms with Crippen LogP contribution in [0.5, 0.6) is 0 Å². The standard InChI is InChI=1S/C16H20ClNO3/c1-2-21-11-5-7-16(20)18-15-12-13(6-3-4-10-19)8-9-14(15)17/h8-9,12,19H,2,4-5,7,10-11H2,1H3,(H,18,20). The second-order valence-corrected chi connectivity index (χ2v) is 4.73.